The van der Waals surface area contributed by atoms with Gasteiger partial charge in [0.15, 0.2) is 0 Å². The summed E-state index contributed by atoms with van der Waals surface area (Å²) in [7, 11) is 0. The first-order valence-electron chi connectivity index (χ1n) is 3.30. The van der Waals surface area contributed by atoms with Crippen molar-refractivity contribution in [2.45, 2.75) is 20.4 Å². The Morgan fingerprint density at radius 3 is 2.70 bits per heavy atom. The molecule has 0 saturated heterocycles. The SMILES string of the molecule is Cc1cnc(C)n1CCCl. The van der Waals surface area contributed by atoms with E-state index in [2.05, 4.69) is 9.55 Å². The Morgan fingerprint density at radius 2 is 2.30 bits per heavy atom. The third kappa shape index (κ3) is 1.32. The Labute approximate surface area is 65.8 Å². The second kappa shape index (κ2) is 3.06. The van der Waals surface area contributed by atoms with Gasteiger partial charge in [0.2, 0.25) is 0 Å². The van der Waals surface area contributed by atoms with E-state index in [0.717, 1.165) is 12.4 Å². The van der Waals surface area contributed by atoms with E-state index < -0.39 is 0 Å². The maximum absolute atomic E-state index is 5.59. The molecule has 1 aromatic heterocycles. The molecule has 0 aliphatic carbocycles. The van der Waals surface area contributed by atoms with Gasteiger partial charge in [0.25, 0.3) is 0 Å². The summed E-state index contributed by atoms with van der Waals surface area (Å²) >= 11 is 5.59. The van der Waals surface area contributed by atoms with Gasteiger partial charge in [0.1, 0.15) is 5.82 Å². The zero-order valence-electron chi connectivity index (χ0n) is 6.26. The van der Waals surface area contributed by atoms with Gasteiger partial charge in [-0.25, -0.2) is 4.98 Å². The lowest BCUT2D eigenvalue weighted by Crippen LogP contribution is -2.03. The minimum Gasteiger partial charge on any atom is -0.331 e. The van der Waals surface area contributed by atoms with E-state index in [9.17, 15) is 0 Å². The Hall–Kier alpha value is -0.500. The molecule has 0 fully saturated rings. The second-order valence-electron chi connectivity index (χ2n) is 2.29. The van der Waals surface area contributed by atoms with E-state index in [0.29, 0.717) is 5.88 Å². The first-order valence-corrected chi connectivity index (χ1v) is 3.84. The van der Waals surface area contributed by atoms with Crippen molar-refractivity contribution in [3.05, 3.63) is 17.7 Å². The molecule has 0 aliphatic heterocycles. The zero-order chi connectivity index (χ0) is 7.56. The van der Waals surface area contributed by atoms with Crippen LogP contribution in [0.25, 0.3) is 0 Å². The average Bonchev–Trinajstić information content (AvgIpc) is 2.20. The molecule has 56 valence electrons. The van der Waals surface area contributed by atoms with E-state index >= 15 is 0 Å². The summed E-state index contributed by atoms with van der Waals surface area (Å²) in [6, 6.07) is 0. The minimum absolute atomic E-state index is 0.651. The average molecular weight is 159 g/mol. The number of nitrogens with zero attached hydrogens (tertiary/aromatic N) is 2. The van der Waals surface area contributed by atoms with Crippen molar-refractivity contribution in [1.29, 1.82) is 0 Å². The quantitative estimate of drug-likeness (QED) is 0.600. The molecule has 1 heterocycles. The Balaban J connectivity index is 2.87. The molecule has 2 nitrogen and oxygen atoms in total. The number of hydrogen-bond acceptors (Lipinski definition) is 1. The molecule has 1 rings (SSSR count). The molecule has 10 heavy (non-hydrogen) atoms. The third-order valence-electron chi connectivity index (χ3n) is 1.56. The van der Waals surface area contributed by atoms with Crippen LogP contribution in [0.3, 0.4) is 0 Å². The van der Waals surface area contributed by atoms with Gasteiger partial charge in [-0.1, -0.05) is 0 Å². The van der Waals surface area contributed by atoms with Crippen molar-refractivity contribution >= 4 is 11.6 Å². The molecule has 0 bridgehead atoms. The molecule has 3 heteroatoms. The summed E-state index contributed by atoms with van der Waals surface area (Å²) in [4.78, 5) is 4.14. The molecule has 0 aromatic carbocycles. The Kier molecular flexibility index (Phi) is 2.33. The molecule has 0 spiro atoms. The molecule has 0 aliphatic rings. The van der Waals surface area contributed by atoms with Crippen LogP contribution in [0.2, 0.25) is 0 Å². The van der Waals surface area contributed by atoms with Gasteiger partial charge in [-0.05, 0) is 13.8 Å². The summed E-state index contributed by atoms with van der Waals surface area (Å²) in [5.74, 6) is 1.69. The molecule has 0 saturated carbocycles. The van der Waals surface area contributed by atoms with Gasteiger partial charge in [0, 0.05) is 24.3 Å². The van der Waals surface area contributed by atoms with Crippen LogP contribution < -0.4 is 0 Å². The maximum Gasteiger partial charge on any atom is 0.105 e. The monoisotopic (exact) mass is 158 g/mol. The predicted molar refractivity (Wildman–Crippen MR) is 42.4 cm³/mol. The van der Waals surface area contributed by atoms with Crippen LogP contribution in [0.15, 0.2) is 6.20 Å². The summed E-state index contributed by atoms with van der Waals surface area (Å²) in [6.07, 6.45) is 1.86. The van der Waals surface area contributed by atoms with Crippen LogP contribution >= 0.6 is 11.6 Å². The van der Waals surface area contributed by atoms with E-state index in [4.69, 9.17) is 11.6 Å². The van der Waals surface area contributed by atoms with Gasteiger partial charge in [-0.2, -0.15) is 0 Å². The molecule has 1 aromatic rings. The third-order valence-corrected chi connectivity index (χ3v) is 1.73. The van der Waals surface area contributed by atoms with E-state index in [1.54, 1.807) is 0 Å². The van der Waals surface area contributed by atoms with Crippen molar-refractivity contribution in [3.8, 4) is 0 Å². The summed E-state index contributed by atoms with van der Waals surface area (Å²) in [6.45, 7) is 4.88. The highest BCUT2D eigenvalue weighted by Gasteiger charge is 1.99. The van der Waals surface area contributed by atoms with E-state index in [1.807, 2.05) is 20.0 Å². The molecule has 0 unspecified atom stereocenters. The van der Waals surface area contributed by atoms with E-state index in [1.165, 1.54) is 5.69 Å². The number of hydrogen-bond donors (Lipinski definition) is 0. The lowest BCUT2D eigenvalue weighted by molar-refractivity contribution is 0.713. The Morgan fingerprint density at radius 1 is 1.60 bits per heavy atom. The van der Waals surface area contributed by atoms with Crippen LogP contribution in [0.4, 0.5) is 0 Å². The van der Waals surface area contributed by atoms with Crippen LogP contribution in [-0.2, 0) is 6.54 Å². The molecular weight excluding hydrogens is 148 g/mol. The highest BCUT2D eigenvalue weighted by atomic mass is 35.5. The van der Waals surface area contributed by atoms with Crippen LogP contribution in [0.5, 0.6) is 0 Å². The lowest BCUT2D eigenvalue weighted by atomic mass is 10.5. The fourth-order valence-electron chi connectivity index (χ4n) is 1.00. The largest absolute Gasteiger partial charge is 0.331 e. The van der Waals surface area contributed by atoms with Crippen molar-refractivity contribution in [1.82, 2.24) is 9.55 Å². The first-order chi connectivity index (χ1) is 4.75. The fourth-order valence-corrected chi connectivity index (χ4v) is 1.17. The van der Waals surface area contributed by atoms with Gasteiger partial charge >= 0.3 is 0 Å². The van der Waals surface area contributed by atoms with Gasteiger partial charge < -0.3 is 4.57 Å². The molecule has 0 N–H and O–H groups in total. The van der Waals surface area contributed by atoms with Crippen LogP contribution in [0, 0.1) is 13.8 Å². The smallest absolute Gasteiger partial charge is 0.105 e. The second-order valence-corrected chi connectivity index (χ2v) is 2.67. The van der Waals surface area contributed by atoms with Crippen LogP contribution in [-0.4, -0.2) is 15.4 Å². The lowest BCUT2D eigenvalue weighted by Gasteiger charge is -2.02. The van der Waals surface area contributed by atoms with Crippen molar-refractivity contribution in [3.63, 3.8) is 0 Å². The molecular formula is C7H11ClN2. The molecule has 0 amide bonds. The van der Waals surface area contributed by atoms with Gasteiger partial charge in [0.05, 0.1) is 0 Å². The maximum atomic E-state index is 5.59. The van der Waals surface area contributed by atoms with Crippen molar-refractivity contribution in [2.24, 2.45) is 0 Å². The Bertz CT molecular complexity index is 198. The summed E-state index contributed by atoms with van der Waals surface area (Å²) in [5, 5.41) is 0. The van der Waals surface area contributed by atoms with E-state index in [-0.39, 0.29) is 0 Å². The number of aromatic nitrogens is 2. The number of rotatable bonds is 2. The standard InChI is InChI=1S/C7H11ClN2/c1-6-5-9-7(2)10(6)4-3-8/h5H,3-4H2,1-2H3. The zero-order valence-corrected chi connectivity index (χ0v) is 7.02. The van der Waals surface area contributed by atoms with Crippen molar-refractivity contribution in [2.75, 3.05) is 5.88 Å². The number of imidazole rings is 1. The first kappa shape index (κ1) is 7.61. The topological polar surface area (TPSA) is 17.8 Å². The normalized spacial score (nSPS) is 10.3. The van der Waals surface area contributed by atoms with Gasteiger partial charge in [-0.3, -0.25) is 0 Å². The van der Waals surface area contributed by atoms with Crippen LogP contribution in [0.1, 0.15) is 11.5 Å². The number of aryl methyl sites for hydroxylation is 2. The summed E-state index contributed by atoms with van der Waals surface area (Å²) < 4.78 is 2.10. The highest BCUT2D eigenvalue weighted by molar-refractivity contribution is 6.17. The highest BCUT2D eigenvalue weighted by Crippen LogP contribution is 2.02. The summed E-state index contributed by atoms with van der Waals surface area (Å²) in [5.41, 5.74) is 1.18. The molecule has 0 atom stereocenters. The molecule has 0 radical (unpaired) electrons. The number of alkyl halides is 1. The van der Waals surface area contributed by atoms with Gasteiger partial charge in [-0.15, -0.1) is 11.6 Å². The number of halogens is 1. The predicted octanol–water partition coefficient (Wildman–Crippen LogP) is 1.74. The fraction of sp³-hybridized carbons (Fsp3) is 0.571. The van der Waals surface area contributed by atoms with Crippen molar-refractivity contribution < 1.29 is 0 Å². The minimum atomic E-state index is 0.651.